The number of carbonyl (C=O) groups excluding carboxylic acids is 2. The molecule has 5 rings (SSSR count). The molecule has 0 unspecified atom stereocenters. The van der Waals surface area contributed by atoms with Gasteiger partial charge in [0.05, 0.1) is 22.8 Å². The van der Waals surface area contributed by atoms with E-state index in [0.717, 1.165) is 16.0 Å². The second-order valence-electron chi connectivity index (χ2n) is 7.98. The number of thioether (sulfide) groups is 1. The van der Waals surface area contributed by atoms with E-state index in [-0.39, 0.29) is 28.7 Å². The van der Waals surface area contributed by atoms with Gasteiger partial charge in [-0.3, -0.25) is 9.69 Å². The fourth-order valence-corrected chi connectivity index (χ4v) is 5.86. The molecule has 6 nitrogen and oxygen atoms in total. The van der Waals surface area contributed by atoms with Gasteiger partial charge in [-0.05, 0) is 60.2 Å². The molecule has 2 atom stereocenters. The molecule has 2 heterocycles. The summed E-state index contributed by atoms with van der Waals surface area (Å²) in [6, 6.07) is 15.0. The van der Waals surface area contributed by atoms with Gasteiger partial charge in [0.2, 0.25) is 0 Å². The monoisotopic (exact) mass is 532 g/mol. The van der Waals surface area contributed by atoms with Crippen LogP contribution in [0.25, 0.3) is 0 Å². The fourth-order valence-electron chi connectivity index (χ4n) is 4.16. The summed E-state index contributed by atoms with van der Waals surface area (Å²) in [6.45, 7) is 0.186. The van der Waals surface area contributed by atoms with Crippen molar-refractivity contribution in [1.29, 1.82) is 0 Å². The van der Waals surface area contributed by atoms with Gasteiger partial charge in [0.15, 0.2) is 0 Å². The Bertz CT molecular complexity index is 1310. The van der Waals surface area contributed by atoms with Crippen LogP contribution in [0.1, 0.15) is 16.5 Å². The summed E-state index contributed by atoms with van der Waals surface area (Å²) in [6.07, 6.45) is 0. The first-order valence-corrected chi connectivity index (χ1v) is 12.5. The van der Waals surface area contributed by atoms with Crippen LogP contribution in [0.5, 0.6) is 11.5 Å². The van der Waals surface area contributed by atoms with E-state index >= 15 is 0 Å². The molecule has 3 aromatic rings. The first-order chi connectivity index (χ1) is 16.9. The van der Waals surface area contributed by atoms with Crippen molar-refractivity contribution in [2.45, 2.75) is 18.0 Å². The van der Waals surface area contributed by atoms with Crippen LogP contribution in [0, 0.1) is 5.82 Å². The molecule has 0 aromatic heterocycles. The lowest BCUT2D eigenvalue weighted by Gasteiger charge is -2.24. The summed E-state index contributed by atoms with van der Waals surface area (Å²) < 4.78 is 24.5. The number of nitrogens with zero attached hydrogens (tertiary/aromatic N) is 2. The lowest BCUT2D eigenvalue weighted by molar-refractivity contribution is -0.119. The molecule has 0 aliphatic carbocycles. The smallest absolute Gasteiger partial charge is 0.333 e. The van der Waals surface area contributed by atoms with E-state index in [1.54, 1.807) is 36.3 Å². The van der Waals surface area contributed by atoms with E-state index in [1.165, 1.54) is 30.0 Å². The van der Waals surface area contributed by atoms with Crippen LogP contribution in [0.4, 0.5) is 14.9 Å². The molecule has 2 fully saturated rings. The second-order valence-corrected chi connectivity index (χ2v) is 9.90. The summed E-state index contributed by atoms with van der Waals surface area (Å²) in [5.74, 6) is 0.977. The van der Waals surface area contributed by atoms with Gasteiger partial charge in [0.1, 0.15) is 35.3 Å². The largest absolute Gasteiger partial charge is 0.496 e. The molecular weight excluding hydrogens is 514 g/mol. The standard InChI is InChI=1S/C25H19Cl2FN2O4S/c1-33-22-9-2-14(10-15(22)12-34-18-6-3-16(28)4-7-18)24-30-21(13-35-24)23(31)29(25(30)32)17-5-8-19(26)20(27)11-17/h2-11,21,24H,12-13H2,1H3/t21-,24-/m1/s1. The molecule has 0 bridgehead atoms. The summed E-state index contributed by atoms with van der Waals surface area (Å²) in [7, 11) is 1.56. The Hall–Kier alpha value is -2.94. The van der Waals surface area contributed by atoms with E-state index in [9.17, 15) is 14.0 Å². The van der Waals surface area contributed by atoms with Crippen molar-refractivity contribution in [3.8, 4) is 11.5 Å². The lowest BCUT2D eigenvalue weighted by Crippen LogP contribution is -2.33. The SMILES string of the molecule is COc1ccc([C@H]2SC[C@@H]3C(=O)N(c4ccc(Cl)c(Cl)c4)C(=O)N32)cc1COc1ccc(F)cc1. The van der Waals surface area contributed by atoms with E-state index in [2.05, 4.69) is 0 Å². The number of hydrogen-bond acceptors (Lipinski definition) is 5. The van der Waals surface area contributed by atoms with Gasteiger partial charge >= 0.3 is 6.03 Å². The Balaban J connectivity index is 1.40. The number of ether oxygens (including phenoxy) is 2. The zero-order chi connectivity index (χ0) is 24.7. The molecule has 3 aromatic carbocycles. The molecule has 3 amide bonds. The minimum atomic E-state index is -0.576. The molecule has 2 saturated heterocycles. The van der Waals surface area contributed by atoms with Crippen molar-refractivity contribution < 1.29 is 23.5 Å². The van der Waals surface area contributed by atoms with E-state index in [0.29, 0.717) is 28.0 Å². The number of anilines is 1. The van der Waals surface area contributed by atoms with Gasteiger partial charge in [-0.15, -0.1) is 11.8 Å². The van der Waals surface area contributed by atoms with Crippen molar-refractivity contribution in [2.75, 3.05) is 17.8 Å². The molecule has 0 radical (unpaired) electrons. The van der Waals surface area contributed by atoms with E-state index in [4.69, 9.17) is 32.7 Å². The first kappa shape index (κ1) is 23.8. The predicted molar refractivity (Wildman–Crippen MR) is 134 cm³/mol. The average molecular weight is 533 g/mol. The second kappa shape index (κ2) is 9.60. The lowest BCUT2D eigenvalue weighted by atomic mass is 10.1. The zero-order valence-electron chi connectivity index (χ0n) is 18.4. The maximum atomic E-state index is 13.4. The van der Waals surface area contributed by atoms with Crippen molar-refractivity contribution >= 4 is 52.6 Å². The Morgan fingerprint density at radius 3 is 2.51 bits per heavy atom. The number of hydrogen-bond donors (Lipinski definition) is 0. The molecule has 0 N–H and O–H groups in total. The normalized spacial score (nSPS) is 19.3. The number of rotatable bonds is 6. The number of amides is 3. The third kappa shape index (κ3) is 4.42. The van der Waals surface area contributed by atoms with Crippen molar-refractivity contribution in [3.05, 3.63) is 87.7 Å². The molecule has 2 aliphatic heterocycles. The van der Waals surface area contributed by atoms with Gasteiger partial charge in [-0.2, -0.15) is 0 Å². The minimum absolute atomic E-state index is 0.186. The van der Waals surface area contributed by atoms with Crippen molar-refractivity contribution in [1.82, 2.24) is 4.90 Å². The number of fused-ring (bicyclic) bond motifs is 1. The number of methoxy groups -OCH3 is 1. The number of imide groups is 1. The maximum Gasteiger partial charge on any atom is 0.333 e. The molecule has 2 aliphatic rings. The molecule has 0 spiro atoms. The van der Waals surface area contributed by atoms with Crippen LogP contribution in [0.2, 0.25) is 10.0 Å². The quantitative estimate of drug-likeness (QED) is 0.348. The highest BCUT2D eigenvalue weighted by Crippen LogP contribution is 2.47. The van der Waals surface area contributed by atoms with Crippen LogP contribution in [0.3, 0.4) is 0 Å². The highest BCUT2D eigenvalue weighted by Gasteiger charge is 2.53. The van der Waals surface area contributed by atoms with Gasteiger partial charge in [0.25, 0.3) is 5.91 Å². The number of halogens is 3. The van der Waals surface area contributed by atoms with E-state index in [1.807, 2.05) is 18.2 Å². The summed E-state index contributed by atoms with van der Waals surface area (Å²) in [5.41, 5.74) is 1.99. The highest BCUT2D eigenvalue weighted by atomic mass is 35.5. The fraction of sp³-hybridized carbons (Fsp3) is 0.200. The molecule has 180 valence electrons. The third-order valence-electron chi connectivity index (χ3n) is 5.88. The topological polar surface area (TPSA) is 59.1 Å². The van der Waals surface area contributed by atoms with Gasteiger partial charge in [-0.25, -0.2) is 14.1 Å². The van der Waals surface area contributed by atoms with Crippen LogP contribution >= 0.6 is 35.0 Å². The Labute approximate surface area is 215 Å². The van der Waals surface area contributed by atoms with E-state index < -0.39 is 12.1 Å². The Kier molecular flexibility index (Phi) is 6.53. The zero-order valence-corrected chi connectivity index (χ0v) is 20.7. The Morgan fingerprint density at radius 2 is 1.80 bits per heavy atom. The third-order valence-corrected chi connectivity index (χ3v) is 7.94. The van der Waals surface area contributed by atoms with Gasteiger partial charge in [-0.1, -0.05) is 29.3 Å². The first-order valence-electron chi connectivity index (χ1n) is 10.7. The average Bonchev–Trinajstić information content (AvgIpc) is 3.40. The summed E-state index contributed by atoms with van der Waals surface area (Å²) in [5, 5.41) is 0.250. The number of benzene rings is 3. The maximum absolute atomic E-state index is 13.4. The van der Waals surface area contributed by atoms with Crippen LogP contribution < -0.4 is 14.4 Å². The molecular formula is C25H19Cl2FN2O4S. The van der Waals surface area contributed by atoms with Crippen molar-refractivity contribution in [2.24, 2.45) is 0 Å². The van der Waals surface area contributed by atoms with Gasteiger partial charge < -0.3 is 9.47 Å². The summed E-state index contributed by atoms with van der Waals surface area (Å²) >= 11 is 13.6. The number of carbonyl (C=O) groups is 2. The van der Waals surface area contributed by atoms with Crippen LogP contribution in [0.15, 0.2) is 60.7 Å². The molecule has 0 saturated carbocycles. The minimum Gasteiger partial charge on any atom is -0.496 e. The number of urea groups is 1. The summed E-state index contributed by atoms with van der Waals surface area (Å²) in [4.78, 5) is 29.3. The van der Waals surface area contributed by atoms with Crippen LogP contribution in [-0.4, -0.2) is 35.7 Å². The molecule has 35 heavy (non-hydrogen) atoms. The highest BCUT2D eigenvalue weighted by molar-refractivity contribution is 7.99. The van der Waals surface area contributed by atoms with Crippen LogP contribution in [-0.2, 0) is 11.4 Å². The predicted octanol–water partition coefficient (Wildman–Crippen LogP) is 6.30. The molecule has 10 heteroatoms. The Morgan fingerprint density at radius 1 is 1.03 bits per heavy atom. The van der Waals surface area contributed by atoms with Gasteiger partial charge in [0, 0.05) is 11.3 Å². The van der Waals surface area contributed by atoms with Crippen molar-refractivity contribution in [3.63, 3.8) is 0 Å².